The number of rotatable bonds is 3. The van der Waals surface area contributed by atoms with E-state index in [1.807, 2.05) is 47.0 Å². The maximum Gasteiger partial charge on any atom is 0.332 e. The molecule has 182 valence electrons. The molecule has 5 aromatic rings. The molecule has 1 atom stereocenters. The van der Waals surface area contributed by atoms with Gasteiger partial charge in [-0.25, -0.2) is 4.79 Å². The lowest BCUT2D eigenvalue weighted by atomic mass is 10.0. The van der Waals surface area contributed by atoms with Crippen molar-refractivity contribution in [3.63, 3.8) is 0 Å². The van der Waals surface area contributed by atoms with Gasteiger partial charge in [-0.1, -0.05) is 55.5 Å². The maximum absolute atomic E-state index is 13.9. The van der Waals surface area contributed by atoms with Gasteiger partial charge in [0.25, 0.3) is 5.56 Å². The first-order valence-corrected chi connectivity index (χ1v) is 12.3. The molecule has 1 aliphatic rings. The van der Waals surface area contributed by atoms with Crippen molar-refractivity contribution < 1.29 is 0 Å². The highest BCUT2D eigenvalue weighted by Crippen LogP contribution is 2.33. The van der Waals surface area contributed by atoms with Gasteiger partial charge in [0.15, 0.2) is 11.2 Å². The van der Waals surface area contributed by atoms with Gasteiger partial charge in [-0.15, -0.1) is 0 Å². The molecule has 0 fully saturated rings. The lowest BCUT2D eigenvalue weighted by Gasteiger charge is -2.33. The van der Waals surface area contributed by atoms with Gasteiger partial charge in [-0.3, -0.25) is 13.9 Å². The second-order valence-electron chi connectivity index (χ2n) is 10.1. The average molecular weight is 480 g/mol. The van der Waals surface area contributed by atoms with Crippen LogP contribution in [0.15, 0.2) is 70.3 Å². The molecule has 0 saturated heterocycles. The van der Waals surface area contributed by atoms with Gasteiger partial charge >= 0.3 is 5.69 Å². The van der Waals surface area contributed by atoms with Gasteiger partial charge in [0.2, 0.25) is 5.95 Å². The van der Waals surface area contributed by atoms with E-state index in [9.17, 15) is 9.59 Å². The summed E-state index contributed by atoms with van der Waals surface area (Å²) in [6.45, 7) is 8.03. The molecule has 0 radical (unpaired) electrons. The second-order valence-corrected chi connectivity index (χ2v) is 10.1. The first-order chi connectivity index (χ1) is 17.3. The molecule has 3 heterocycles. The summed E-state index contributed by atoms with van der Waals surface area (Å²) in [7, 11) is 1.70. The third-order valence-corrected chi connectivity index (χ3v) is 7.17. The van der Waals surface area contributed by atoms with Crippen LogP contribution in [0.4, 0.5) is 11.6 Å². The Bertz CT molecular complexity index is 1750. The largest absolute Gasteiger partial charge is 0.332 e. The zero-order chi connectivity index (χ0) is 25.1. The summed E-state index contributed by atoms with van der Waals surface area (Å²) in [5.41, 5.74) is 4.60. The number of hydrogen-bond acceptors (Lipinski definition) is 4. The molecule has 6 rings (SSSR count). The number of imidazole rings is 1. The first kappa shape index (κ1) is 22.3. The Morgan fingerprint density at radius 3 is 2.44 bits per heavy atom. The molecule has 7 heteroatoms. The molecule has 36 heavy (non-hydrogen) atoms. The molecule has 0 aliphatic carbocycles. The van der Waals surface area contributed by atoms with Crippen molar-refractivity contribution in [3.8, 4) is 0 Å². The normalized spacial score (nSPS) is 15.6. The number of aromatic nitrogens is 4. The SMILES string of the molecule is Cc1cc(C)cc(N2CC(C)Cn3c2nc2c3c(=O)n(Cc3cccc4ccccc34)c(=O)n2C)c1. The van der Waals surface area contributed by atoms with Gasteiger partial charge in [0, 0.05) is 25.8 Å². The molecule has 0 spiro atoms. The number of benzene rings is 3. The lowest BCUT2D eigenvalue weighted by Crippen LogP contribution is -2.40. The Balaban J connectivity index is 1.56. The fourth-order valence-electron chi connectivity index (χ4n) is 5.57. The van der Waals surface area contributed by atoms with Crippen LogP contribution in [0.5, 0.6) is 0 Å². The number of hydrogen-bond donors (Lipinski definition) is 0. The van der Waals surface area contributed by atoms with E-state index in [1.165, 1.54) is 20.3 Å². The van der Waals surface area contributed by atoms with E-state index in [4.69, 9.17) is 4.98 Å². The van der Waals surface area contributed by atoms with Crippen LogP contribution in [0, 0.1) is 19.8 Å². The molecular formula is C29H29N5O2. The van der Waals surface area contributed by atoms with Crippen molar-refractivity contribution in [2.24, 2.45) is 13.0 Å². The minimum atomic E-state index is -0.359. The van der Waals surface area contributed by atoms with Crippen LogP contribution in [0.25, 0.3) is 21.9 Å². The summed E-state index contributed by atoms with van der Waals surface area (Å²) in [6.07, 6.45) is 0. The minimum absolute atomic E-state index is 0.208. The smallest absolute Gasteiger partial charge is 0.312 e. The summed E-state index contributed by atoms with van der Waals surface area (Å²) in [5, 5.41) is 2.12. The van der Waals surface area contributed by atoms with Crippen LogP contribution in [0.3, 0.4) is 0 Å². The highest BCUT2D eigenvalue weighted by atomic mass is 16.2. The molecule has 2 aromatic heterocycles. The topological polar surface area (TPSA) is 65.1 Å². The molecular weight excluding hydrogens is 450 g/mol. The van der Waals surface area contributed by atoms with Crippen molar-refractivity contribution in [1.82, 2.24) is 18.7 Å². The summed E-state index contributed by atoms with van der Waals surface area (Å²) in [4.78, 5) is 34.4. The second kappa shape index (κ2) is 8.22. The van der Waals surface area contributed by atoms with Gasteiger partial charge < -0.3 is 9.47 Å². The number of anilines is 2. The summed E-state index contributed by atoms with van der Waals surface area (Å²) < 4.78 is 4.86. The fourth-order valence-corrected chi connectivity index (χ4v) is 5.57. The highest BCUT2D eigenvalue weighted by molar-refractivity contribution is 5.85. The van der Waals surface area contributed by atoms with E-state index < -0.39 is 0 Å². The molecule has 0 N–H and O–H groups in total. The molecule has 3 aromatic carbocycles. The molecule has 0 saturated carbocycles. The Morgan fingerprint density at radius 1 is 0.944 bits per heavy atom. The van der Waals surface area contributed by atoms with Crippen molar-refractivity contribution in [1.29, 1.82) is 0 Å². The van der Waals surface area contributed by atoms with Crippen LogP contribution < -0.4 is 16.1 Å². The standard InChI is InChI=1S/C29H29N5O2/c1-18-12-19(2)14-23(13-18)32-15-20(3)16-33-25-26(30-28(32)33)31(4)29(36)34(27(25)35)17-22-10-7-9-21-8-5-6-11-24(21)22/h5-14,20H,15-17H2,1-4H3. The van der Waals surface area contributed by atoms with Crippen molar-refractivity contribution >= 4 is 33.6 Å². The summed E-state index contributed by atoms with van der Waals surface area (Å²) >= 11 is 0. The van der Waals surface area contributed by atoms with Crippen molar-refractivity contribution in [3.05, 3.63) is 98.2 Å². The quantitative estimate of drug-likeness (QED) is 0.382. The number of aryl methyl sites for hydroxylation is 3. The lowest BCUT2D eigenvalue weighted by molar-refractivity contribution is 0.458. The maximum atomic E-state index is 13.9. The van der Waals surface area contributed by atoms with E-state index in [1.54, 1.807) is 7.05 Å². The van der Waals surface area contributed by atoms with Gasteiger partial charge in [-0.05, 0) is 59.4 Å². The zero-order valence-electron chi connectivity index (χ0n) is 21.0. The third kappa shape index (κ3) is 3.46. The fraction of sp³-hybridized carbons (Fsp3) is 0.276. The van der Waals surface area contributed by atoms with Gasteiger partial charge in [-0.2, -0.15) is 4.98 Å². The minimum Gasteiger partial charge on any atom is -0.312 e. The van der Waals surface area contributed by atoms with Crippen molar-refractivity contribution in [2.75, 3.05) is 11.4 Å². The molecule has 7 nitrogen and oxygen atoms in total. The molecule has 0 amide bonds. The average Bonchev–Trinajstić information content (AvgIpc) is 3.24. The highest BCUT2D eigenvalue weighted by Gasteiger charge is 2.30. The summed E-state index contributed by atoms with van der Waals surface area (Å²) in [6, 6.07) is 20.5. The Morgan fingerprint density at radius 2 is 1.67 bits per heavy atom. The Kier molecular flexibility index (Phi) is 5.10. The molecule has 0 bridgehead atoms. The first-order valence-electron chi connectivity index (χ1n) is 12.3. The number of nitrogens with zero attached hydrogens (tertiary/aromatic N) is 5. The predicted molar refractivity (Wildman–Crippen MR) is 144 cm³/mol. The van der Waals surface area contributed by atoms with Crippen molar-refractivity contribution in [2.45, 2.75) is 33.9 Å². The van der Waals surface area contributed by atoms with Crippen LogP contribution in [-0.4, -0.2) is 25.2 Å². The Labute approximate surface area is 208 Å². The monoisotopic (exact) mass is 479 g/mol. The van der Waals surface area contributed by atoms with E-state index >= 15 is 0 Å². The zero-order valence-corrected chi connectivity index (χ0v) is 21.0. The van der Waals surface area contributed by atoms with Crippen LogP contribution in [0.1, 0.15) is 23.6 Å². The van der Waals surface area contributed by atoms with Crippen LogP contribution >= 0.6 is 0 Å². The Hall–Kier alpha value is -4.13. The number of fused-ring (bicyclic) bond motifs is 4. The van der Waals surface area contributed by atoms with E-state index in [0.29, 0.717) is 29.6 Å². The van der Waals surface area contributed by atoms with Crippen LogP contribution in [-0.2, 0) is 20.1 Å². The molecule has 1 unspecified atom stereocenters. The molecule has 1 aliphatic heterocycles. The summed E-state index contributed by atoms with van der Waals surface area (Å²) in [5.74, 6) is 1.02. The third-order valence-electron chi connectivity index (χ3n) is 7.17. The predicted octanol–water partition coefficient (Wildman–Crippen LogP) is 4.50. The van der Waals surface area contributed by atoms with Crippen LogP contribution in [0.2, 0.25) is 0 Å². The van der Waals surface area contributed by atoms with Gasteiger partial charge in [0.05, 0.1) is 6.54 Å². The van der Waals surface area contributed by atoms with E-state index in [-0.39, 0.29) is 17.8 Å². The van der Waals surface area contributed by atoms with E-state index in [0.717, 1.165) is 28.6 Å². The van der Waals surface area contributed by atoms with E-state index in [2.05, 4.69) is 43.9 Å². The van der Waals surface area contributed by atoms with Gasteiger partial charge in [0.1, 0.15) is 0 Å².